The number of aryl methyl sites for hydroxylation is 2. The Morgan fingerprint density at radius 3 is 2.59 bits per heavy atom. The molecule has 0 saturated carbocycles. The minimum atomic E-state index is -1.97. The molecule has 2 aromatic carbocycles. The van der Waals surface area contributed by atoms with Crippen molar-refractivity contribution in [3.05, 3.63) is 66.0 Å². The molecule has 0 radical (unpaired) electrons. The first-order valence-corrected chi connectivity index (χ1v) is 17.6. The molecular weight excluding hydrogens is 536 g/mol. The van der Waals surface area contributed by atoms with Gasteiger partial charge in [-0.25, -0.2) is 0 Å². The predicted octanol–water partition coefficient (Wildman–Crippen LogP) is 3.55. The molecule has 3 aromatic rings. The maximum atomic E-state index is 11.9. The second-order valence-electron chi connectivity index (χ2n) is 11.7. The Morgan fingerprint density at radius 1 is 1.15 bits per heavy atom. The van der Waals surface area contributed by atoms with Gasteiger partial charge in [-0.15, -0.1) is 5.10 Å². The van der Waals surface area contributed by atoms with Gasteiger partial charge in [-0.1, -0.05) is 54.7 Å². The zero-order chi connectivity index (χ0) is 29.6. The molecule has 3 N–H and O–H groups in total. The SMILES string of the molecule is COc1ccc([Si](C)(C)[C@@H]2[C@@H](C)[C@@H](CCc3cccc(NC(=O)[C@H](C)O)c3)O[C@H]2CCn2cc(CCO)nn2)cc1. The number of hydrogen-bond donors (Lipinski definition) is 3. The third-order valence-electron chi connectivity index (χ3n) is 8.46. The normalized spacial score (nSPS) is 21.5. The van der Waals surface area contributed by atoms with Crippen molar-refractivity contribution in [3.63, 3.8) is 0 Å². The third kappa shape index (κ3) is 7.62. The van der Waals surface area contributed by atoms with E-state index in [-0.39, 0.29) is 18.8 Å². The van der Waals surface area contributed by atoms with E-state index < -0.39 is 20.1 Å². The number of hydrogen-bond acceptors (Lipinski definition) is 7. The Hall–Kier alpha value is -3.05. The number of aliphatic hydroxyl groups is 2. The predicted molar refractivity (Wildman–Crippen MR) is 162 cm³/mol. The minimum absolute atomic E-state index is 0.0587. The molecule has 10 heteroatoms. The number of rotatable bonds is 13. The van der Waals surface area contributed by atoms with Crippen molar-refractivity contribution in [3.8, 4) is 5.75 Å². The van der Waals surface area contributed by atoms with Gasteiger partial charge in [0.15, 0.2) is 0 Å². The van der Waals surface area contributed by atoms with E-state index in [2.05, 4.69) is 66.0 Å². The molecule has 0 aliphatic carbocycles. The molecule has 2 heterocycles. The van der Waals surface area contributed by atoms with Crippen molar-refractivity contribution in [2.24, 2.45) is 5.92 Å². The van der Waals surface area contributed by atoms with Gasteiger partial charge in [-0.2, -0.15) is 0 Å². The first-order valence-electron chi connectivity index (χ1n) is 14.5. The third-order valence-corrected chi connectivity index (χ3v) is 12.8. The van der Waals surface area contributed by atoms with Crippen molar-refractivity contribution in [1.29, 1.82) is 0 Å². The molecule has 222 valence electrons. The van der Waals surface area contributed by atoms with E-state index in [1.54, 1.807) is 7.11 Å². The molecule has 0 spiro atoms. The van der Waals surface area contributed by atoms with E-state index in [1.807, 2.05) is 29.1 Å². The lowest BCUT2D eigenvalue weighted by Gasteiger charge is -2.36. The quantitative estimate of drug-likeness (QED) is 0.265. The van der Waals surface area contributed by atoms with E-state index in [9.17, 15) is 15.0 Å². The summed E-state index contributed by atoms with van der Waals surface area (Å²) in [5.41, 5.74) is 3.00. The Morgan fingerprint density at radius 2 is 1.90 bits per heavy atom. The van der Waals surface area contributed by atoms with Gasteiger partial charge >= 0.3 is 0 Å². The molecule has 1 aliphatic rings. The number of carbonyl (C=O) groups is 1. The highest BCUT2D eigenvalue weighted by atomic mass is 28.3. The van der Waals surface area contributed by atoms with E-state index in [0.717, 1.165) is 36.3 Å². The monoisotopic (exact) mass is 580 g/mol. The molecule has 1 saturated heterocycles. The van der Waals surface area contributed by atoms with Gasteiger partial charge < -0.3 is 25.0 Å². The number of aromatic nitrogens is 3. The summed E-state index contributed by atoms with van der Waals surface area (Å²) in [6.07, 6.45) is 4.08. The lowest BCUT2D eigenvalue weighted by molar-refractivity contribution is -0.123. The molecule has 1 amide bonds. The smallest absolute Gasteiger partial charge is 0.252 e. The number of anilines is 1. The number of amides is 1. The highest BCUT2D eigenvalue weighted by Crippen LogP contribution is 2.46. The van der Waals surface area contributed by atoms with Crippen LogP contribution in [0.4, 0.5) is 5.69 Å². The molecule has 9 nitrogen and oxygen atoms in total. The van der Waals surface area contributed by atoms with Gasteiger partial charge in [0, 0.05) is 31.5 Å². The summed E-state index contributed by atoms with van der Waals surface area (Å²) < 4.78 is 14.1. The van der Waals surface area contributed by atoms with Gasteiger partial charge in [0.1, 0.15) is 11.9 Å². The first-order chi connectivity index (χ1) is 19.6. The molecule has 0 bridgehead atoms. The van der Waals surface area contributed by atoms with Crippen LogP contribution >= 0.6 is 0 Å². The highest BCUT2D eigenvalue weighted by Gasteiger charge is 2.50. The van der Waals surface area contributed by atoms with Crippen LogP contribution in [0.2, 0.25) is 18.6 Å². The molecule has 41 heavy (non-hydrogen) atoms. The molecule has 0 unspecified atom stereocenters. The average Bonchev–Trinajstić information content (AvgIpc) is 3.54. The van der Waals surface area contributed by atoms with Gasteiger partial charge in [-0.3, -0.25) is 9.48 Å². The van der Waals surface area contributed by atoms with Crippen molar-refractivity contribution in [1.82, 2.24) is 15.0 Å². The van der Waals surface area contributed by atoms with Crippen molar-refractivity contribution >= 4 is 24.9 Å². The van der Waals surface area contributed by atoms with E-state index >= 15 is 0 Å². The molecule has 1 fully saturated rings. The zero-order valence-corrected chi connectivity index (χ0v) is 25.8. The topological polar surface area (TPSA) is 119 Å². The first kappa shape index (κ1) is 30.9. The number of carbonyl (C=O) groups excluding carboxylic acids is 1. The average molecular weight is 581 g/mol. The van der Waals surface area contributed by atoms with Gasteiger partial charge in [0.25, 0.3) is 5.91 Å². The van der Waals surface area contributed by atoms with Crippen LogP contribution < -0.4 is 15.2 Å². The second kappa shape index (κ2) is 13.7. The molecule has 1 aliphatic heterocycles. The van der Waals surface area contributed by atoms with Crippen LogP contribution in [0.1, 0.15) is 37.9 Å². The maximum absolute atomic E-state index is 11.9. The fourth-order valence-electron chi connectivity index (χ4n) is 6.21. The number of aliphatic hydroxyl groups excluding tert-OH is 2. The van der Waals surface area contributed by atoms with Crippen LogP contribution in [0.15, 0.2) is 54.7 Å². The summed E-state index contributed by atoms with van der Waals surface area (Å²) in [7, 11) is -0.280. The van der Waals surface area contributed by atoms with Crippen LogP contribution in [-0.4, -0.2) is 71.2 Å². The Kier molecular flexibility index (Phi) is 10.4. The Labute approximate surface area is 243 Å². The minimum Gasteiger partial charge on any atom is -0.497 e. The van der Waals surface area contributed by atoms with E-state index in [4.69, 9.17) is 9.47 Å². The molecule has 1 aromatic heterocycles. The second-order valence-corrected chi connectivity index (χ2v) is 16.4. The summed E-state index contributed by atoms with van der Waals surface area (Å²) in [6.45, 7) is 9.44. The summed E-state index contributed by atoms with van der Waals surface area (Å²) in [5.74, 6) is 0.810. The zero-order valence-electron chi connectivity index (χ0n) is 24.8. The van der Waals surface area contributed by atoms with Crippen LogP contribution in [0.5, 0.6) is 5.75 Å². The fourth-order valence-corrected chi connectivity index (χ4v) is 10.3. The van der Waals surface area contributed by atoms with Crippen LogP contribution in [0, 0.1) is 5.92 Å². The number of ether oxygens (including phenoxy) is 2. The Balaban J connectivity index is 1.51. The summed E-state index contributed by atoms with van der Waals surface area (Å²) in [4.78, 5) is 11.9. The molecule has 5 atom stereocenters. The van der Waals surface area contributed by atoms with Crippen molar-refractivity contribution in [2.75, 3.05) is 19.0 Å². The number of benzene rings is 2. The molecule has 4 rings (SSSR count). The van der Waals surface area contributed by atoms with Gasteiger partial charge in [0.2, 0.25) is 0 Å². The van der Waals surface area contributed by atoms with Crippen LogP contribution in [0.25, 0.3) is 0 Å². The largest absolute Gasteiger partial charge is 0.497 e. The van der Waals surface area contributed by atoms with Crippen LogP contribution in [0.3, 0.4) is 0 Å². The number of nitrogens with one attached hydrogen (secondary N) is 1. The Bertz CT molecular complexity index is 1280. The van der Waals surface area contributed by atoms with Gasteiger partial charge in [0.05, 0.1) is 33.1 Å². The van der Waals surface area contributed by atoms with E-state index in [0.29, 0.717) is 30.1 Å². The maximum Gasteiger partial charge on any atom is 0.252 e. The summed E-state index contributed by atoms with van der Waals surface area (Å²) in [5, 5.41) is 31.4. The van der Waals surface area contributed by atoms with Crippen molar-refractivity contribution < 1.29 is 24.5 Å². The fraction of sp³-hybridized carbons (Fsp3) is 0.516. The molecular formula is C31H44N4O5Si. The van der Waals surface area contributed by atoms with Gasteiger partial charge in [-0.05, 0) is 67.5 Å². The van der Waals surface area contributed by atoms with E-state index in [1.165, 1.54) is 12.1 Å². The number of nitrogens with zero attached hydrogens (tertiary/aromatic N) is 3. The standard InChI is InChI=1S/C31H44N4O5Si/c1-21-28(14-9-23-7-6-8-24(19-23)32-31(38)22(2)37)40-29(15-17-35-20-25(16-18-36)33-34-35)30(21)41(4,5)27-12-10-26(39-3)11-13-27/h6-8,10-13,19-22,28-30,36-37H,9,14-18H2,1-5H3,(H,32,38)/t21-,22-,28+,29-,30+/m0/s1. The lowest BCUT2D eigenvalue weighted by atomic mass is 9.95. The highest BCUT2D eigenvalue weighted by molar-refractivity contribution is 6.91. The lowest BCUT2D eigenvalue weighted by Crippen LogP contribution is -2.50. The number of methoxy groups -OCH3 is 1. The van der Waals surface area contributed by atoms with Crippen LogP contribution in [-0.2, 0) is 28.9 Å². The summed E-state index contributed by atoms with van der Waals surface area (Å²) >= 11 is 0. The van der Waals surface area contributed by atoms with Crippen molar-refractivity contribution in [2.45, 2.75) is 83.0 Å². The summed E-state index contributed by atoms with van der Waals surface area (Å²) in [6, 6.07) is 16.3.